The Labute approximate surface area is 401 Å². The number of ether oxygens (including phenoxy) is 7. The third kappa shape index (κ3) is 13.1. The van der Waals surface area contributed by atoms with Gasteiger partial charge in [-0.05, 0) is 98.8 Å². The van der Waals surface area contributed by atoms with E-state index >= 15 is 0 Å². The van der Waals surface area contributed by atoms with Crippen LogP contribution in [0.5, 0.6) is 11.5 Å². The zero-order valence-corrected chi connectivity index (χ0v) is 39.6. The Morgan fingerprint density at radius 1 is 0.926 bits per heavy atom. The minimum atomic E-state index is -1.52. The number of aliphatic hydroxyl groups is 3. The Balaban J connectivity index is 1.34. The van der Waals surface area contributed by atoms with E-state index in [4.69, 9.17) is 43.2 Å². The minimum Gasteiger partial charge on any atom is -0.487 e. The summed E-state index contributed by atoms with van der Waals surface area (Å²) in [4.78, 5) is 27.3. The van der Waals surface area contributed by atoms with Crippen LogP contribution < -0.4 is 9.47 Å². The lowest BCUT2D eigenvalue weighted by atomic mass is 9.55. The number of hydrogen-bond donors (Lipinski definition) is 3. The molecule has 0 bridgehead atoms. The summed E-state index contributed by atoms with van der Waals surface area (Å²) >= 11 is 0. The molecule has 15 heteroatoms. The largest absolute Gasteiger partial charge is 0.487 e. The van der Waals surface area contributed by atoms with Gasteiger partial charge in [0.25, 0.3) is 0 Å². The van der Waals surface area contributed by atoms with Crippen LogP contribution in [0.4, 0.5) is 4.79 Å². The predicted molar refractivity (Wildman–Crippen MR) is 255 cm³/mol. The monoisotopic (exact) mass is 942 g/mol. The van der Waals surface area contributed by atoms with Gasteiger partial charge < -0.3 is 53.3 Å². The van der Waals surface area contributed by atoms with Crippen molar-refractivity contribution < 1.29 is 58.1 Å². The van der Waals surface area contributed by atoms with Crippen LogP contribution in [0.3, 0.4) is 0 Å². The van der Waals surface area contributed by atoms with Gasteiger partial charge in [-0.3, -0.25) is 9.88 Å². The van der Waals surface area contributed by atoms with Gasteiger partial charge >= 0.3 is 6.09 Å². The normalized spacial score (nSPS) is 24.5. The summed E-state index contributed by atoms with van der Waals surface area (Å²) in [6.07, 6.45) is 10.0. The number of aromatic nitrogens is 1. The smallest absolute Gasteiger partial charge is 0.410 e. The topological polar surface area (TPSA) is 180 Å². The summed E-state index contributed by atoms with van der Waals surface area (Å²) in [5.74, 6) is -1.04. The molecule has 7 rings (SSSR count). The molecule has 2 fully saturated rings. The number of allylic oxidation sites excluding steroid dienone is 1. The molecule has 3 N–H and O–H groups in total. The second-order valence-electron chi connectivity index (χ2n) is 17.9. The highest BCUT2D eigenvalue weighted by Gasteiger charge is 2.65. The first-order chi connectivity index (χ1) is 33.4. The van der Waals surface area contributed by atoms with Crippen LogP contribution in [0.25, 0.3) is 0 Å². The molecule has 3 heterocycles. The molecule has 1 saturated carbocycles. The third-order valence-electron chi connectivity index (χ3n) is 13.3. The highest BCUT2D eigenvalue weighted by Crippen LogP contribution is 2.62. The van der Waals surface area contributed by atoms with E-state index in [9.17, 15) is 20.1 Å². The quantitative estimate of drug-likeness (QED) is 0.0383. The first kappa shape index (κ1) is 51.0. The fourth-order valence-electron chi connectivity index (χ4n) is 10.2. The molecule has 3 aromatic rings. The summed E-state index contributed by atoms with van der Waals surface area (Å²) in [6, 6.07) is 20.7. The molecule has 2 aliphatic carbocycles. The molecule has 2 aliphatic heterocycles. The number of amides is 1. The van der Waals surface area contributed by atoms with Crippen molar-refractivity contribution >= 4 is 11.8 Å². The van der Waals surface area contributed by atoms with E-state index in [1.165, 1.54) is 0 Å². The summed E-state index contributed by atoms with van der Waals surface area (Å²) in [6.45, 7) is 7.68. The number of aryl methyl sites for hydroxylation is 1. The van der Waals surface area contributed by atoms with Crippen LogP contribution in [-0.2, 0) is 41.7 Å². The summed E-state index contributed by atoms with van der Waals surface area (Å²) in [7, 11) is 0. The first-order valence-electron chi connectivity index (χ1n) is 24.5. The van der Waals surface area contributed by atoms with Crippen molar-refractivity contribution in [3.8, 4) is 11.5 Å². The van der Waals surface area contributed by atoms with Crippen LogP contribution >= 0.6 is 0 Å². The van der Waals surface area contributed by atoms with Crippen molar-refractivity contribution in [3.63, 3.8) is 0 Å². The van der Waals surface area contributed by atoms with Crippen LogP contribution in [0, 0.1) is 24.7 Å². The molecule has 1 amide bonds. The second kappa shape index (κ2) is 26.2. The van der Waals surface area contributed by atoms with Crippen molar-refractivity contribution in [1.82, 2.24) is 9.88 Å². The molecule has 7 atom stereocenters. The van der Waals surface area contributed by atoms with Gasteiger partial charge in [0.05, 0.1) is 63.6 Å². The summed E-state index contributed by atoms with van der Waals surface area (Å²) in [5, 5.41) is 34.6. The predicted octanol–water partition coefficient (Wildman–Crippen LogP) is 7.79. The number of aliphatic hydroxyl groups excluding tert-OH is 3. The molecule has 4 aliphatic rings. The average molecular weight is 942 g/mol. The standard InChI is InChI=1S/C53H71N3O12/c1-3-27-66-53-48(56(23-29-61-30-26-59)52(60)64-32-31-62-36-39-15-5-4-6-16-39)35-46(55-68-49-20-9-12-28-63-49)44-33-40(17-7-10-24-57)43(19-8-11-25-58)50(51(44)53)45-34-42(21-22-47(45)67-53)65-37-41-18-13-14-38(2)54-41/h3-6,13-16,18,21-22,33-34,40,43,48-51,57-59H,1,7-12,17,19-20,23-32,35-37H2,2H3. The van der Waals surface area contributed by atoms with E-state index in [0.717, 1.165) is 66.6 Å². The van der Waals surface area contributed by atoms with E-state index in [1.807, 2.05) is 67.6 Å². The van der Waals surface area contributed by atoms with E-state index in [0.29, 0.717) is 49.7 Å². The number of hydrogen-bond acceptors (Lipinski definition) is 14. The van der Waals surface area contributed by atoms with Crippen molar-refractivity contribution in [2.45, 2.75) is 108 Å². The number of nitrogens with zero attached hydrogens (tertiary/aromatic N) is 3. The Bertz CT molecular complexity index is 2100. The van der Waals surface area contributed by atoms with E-state index in [-0.39, 0.29) is 90.2 Å². The van der Waals surface area contributed by atoms with E-state index in [1.54, 1.807) is 11.0 Å². The van der Waals surface area contributed by atoms with Crippen LogP contribution in [0.2, 0.25) is 0 Å². The molecule has 0 radical (unpaired) electrons. The van der Waals surface area contributed by atoms with E-state index < -0.39 is 30.1 Å². The highest BCUT2D eigenvalue weighted by molar-refractivity contribution is 6.03. The zero-order chi connectivity index (χ0) is 47.6. The molecule has 370 valence electrons. The van der Waals surface area contributed by atoms with E-state index in [2.05, 4.69) is 23.7 Å². The number of oxime groups is 1. The number of rotatable bonds is 27. The lowest BCUT2D eigenvalue weighted by Crippen LogP contribution is -2.70. The molecule has 2 aromatic carbocycles. The average Bonchev–Trinajstić information content (AvgIpc) is 3.36. The molecule has 7 unspecified atom stereocenters. The fourth-order valence-corrected chi connectivity index (χ4v) is 10.2. The molecular formula is C53H71N3O12. The Hall–Kier alpha value is -4.87. The van der Waals surface area contributed by atoms with Gasteiger partial charge in [-0.2, -0.15) is 0 Å². The van der Waals surface area contributed by atoms with Gasteiger partial charge in [0.1, 0.15) is 30.8 Å². The Morgan fingerprint density at radius 2 is 1.76 bits per heavy atom. The van der Waals surface area contributed by atoms with Crippen molar-refractivity contribution in [2.24, 2.45) is 22.9 Å². The van der Waals surface area contributed by atoms with Gasteiger partial charge in [0.2, 0.25) is 12.1 Å². The number of pyridine rings is 1. The van der Waals surface area contributed by atoms with Gasteiger partial charge in [-0.15, -0.1) is 6.58 Å². The zero-order valence-electron chi connectivity index (χ0n) is 39.6. The number of carbonyl (C=O) groups excluding carboxylic acids is 1. The maximum atomic E-state index is 14.8. The second-order valence-corrected chi connectivity index (χ2v) is 17.9. The number of carbonyl (C=O) groups is 1. The SMILES string of the molecule is C=CCOC12Oc3ccc(OCc4cccc(C)n4)cc3C3C(CCCCO)C(CCCCO)C=C(C(=NOC4CCCCO4)CC1N(CCOCCO)C(=O)OCCOCc1ccccc1)C32. The van der Waals surface area contributed by atoms with Crippen LogP contribution in [-0.4, -0.2) is 121 Å². The molecule has 0 spiro atoms. The maximum Gasteiger partial charge on any atom is 0.410 e. The molecule has 15 nitrogen and oxygen atoms in total. The molecule has 68 heavy (non-hydrogen) atoms. The Kier molecular flexibility index (Phi) is 19.6. The highest BCUT2D eigenvalue weighted by atomic mass is 16.8. The van der Waals surface area contributed by atoms with Gasteiger partial charge in [-0.1, -0.05) is 66.5 Å². The summed E-state index contributed by atoms with van der Waals surface area (Å²) < 4.78 is 44.7. The van der Waals surface area contributed by atoms with Crippen molar-refractivity contribution in [1.29, 1.82) is 0 Å². The number of unbranched alkanes of at least 4 members (excludes halogenated alkanes) is 2. The number of fused-ring (bicyclic) bond motifs is 2. The molecule has 1 aromatic heterocycles. The first-order valence-corrected chi connectivity index (χ1v) is 24.5. The minimum absolute atomic E-state index is 0.00897. The van der Waals surface area contributed by atoms with Crippen LogP contribution in [0.1, 0.15) is 92.6 Å². The van der Waals surface area contributed by atoms with Gasteiger partial charge in [0.15, 0.2) is 0 Å². The lowest BCUT2D eigenvalue weighted by molar-refractivity contribution is -0.256. The van der Waals surface area contributed by atoms with Crippen molar-refractivity contribution in [2.75, 3.05) is 66.0 Å². The summed E-state index contributed by atoms with van der Waals surface area (Å²) in [5.41, 5.74) is 5.19. The maximum absolute atomic E-state index is 14.8. The van der Waals surface area contributed by atoms with Crippen LogP contribution in [0.15, 0.2) is 96.2 Å². The van der Waals surface area contributed by atoms with Gasteiger partial charge in [-0.25, -0.2) is 4.79 Å². The van der Waals surface area contributed by atoms with Gasteiger partial charge in [0, 0.05) is 49.8 Å². The Morgan fingerprint density at radius 3 is 2.53 bits per heavy atom. The van der Waals surface area contributed by atoms with Crippen molar-refractivity contribution in [3.05, 3.63) is 114 Å². The molecular weight excluding hydrogens is 871 g/mol. The third-order valence-corrected chi connectivity index (χ3v) is 13.3. The number of benzene rings is 2. The fraction of sp³-hybridized carbons (Fsp3) is 0.566. The molecule has 1 saturated heterocycles. The lowest BCUT2D eigenvalue weighted by Gasteiger charge is -2.59.